The molecule has 0 radical (unpaired) electrons. The summed E-state index contributed by atoms with van der Waals surface area (Å²) in [5.74, 6) is -1.85. The zero-order valence-electron chi connectivity index (χ0n) is 11.1. The molecule has 0 aromatic carbocycles. The number of thiophene rings is 1. The van der Waals surface area contributed by atoms with Crippen LogP contribution in [0.15, 0.2) is 0 Å². The fraction of sp³-hybridized carbons (Fsp3) is 0.500. The Kier molecular flexibility index (Phi) is 4.52. The second-order valence-electron chi connectivity index (χ2n) is 4.47. The second-order valence-corrected chi connectivity index (χ2v) is 5.57. The van der Waals surface area contributed by atoms with Crippen molar-refractivity contribution in [1.82, 2.24) is 5.32 Å². The molecule has 0 saturated heterocycles. The van der Waals surface area contributed by atoms with Crippen LogP contribution in [-0.4, -0.2) is 31.7 Å². The molecule has 1 aromatic rings. The third kappa shape index (κ3) is 3.73. The molecule has 2 rings (SSSR count). The number of hydrogen-bond acceptors (Lipinski definition) is 5. The third-order valence-corrected chi connectivity index (χ3v) is 4.08. The van der Waals surface area contributed by atoms with Gasteiger partial charge in [0.05, 0.1) is 12.7 Å². The lowest BCUT2D eigenvalue weighted by atomic mass is 10.0. The molecule has 0 atom stereocenters. The Balaban J connectivity index is 2.28. The maximum absolute atomic E-state index is 12.2. The van der Waals surface area contributed by atoms with E-state index in [9.17, 15) is 22.8 Å². The SMILES string of the molecule is COC(=O)c1c(NC(=O)CC(F)(F)F)sc2c1CCNC2. The van der Waals surface area contributed by atoms with Crippen LogP contribution in [-0.2, 0) is 22.5 Å². The van der Waals surface area contributed by atoms with E-state index in [0.717, 1.165) is 21.8 Å². The summed E-state index contributed by atoms with van der Waals surface area (Å²) in [6.07, 6.45) is -5.62. The van der Waals surface area contributed by atoms with E-state index in [2.05, 4.69) is 15.4 Å². The number of amides is 1. The quantitative estimate of drug-likeness (QED) is 0.836. The van der Waals surface area contributed by atoms with Crippen LogP contribution in [0, 0.1) is 0 Å². The largest absolute Gasteiger partial charge is 0.465 e. The molecule has 1 amide bonds. The summed E-state index contributed by atoms with van der Waals surface area (Å²) >= 11 is 1.10. The first-order valence-corrected chi connectivity index (χ1v) is 6.93. The van der Waals surface area contributed by atoms with Crippen LogP contribution in [0.4, 0.5) is 18.2 Å². The number of fused-ring (bicyclic) bond motifs is 1. The molecule has 0 unspecified atom stereocenters. The monoisotopic (exact) mass is 322 g/mol. The summed E-state index contributed by atoms with van der Waals surface area (Å²) in [5.41, 5.74) is 0.891. The van der Waals surface area contributed by atoms with Crippen molar-refractivity contribution in [2.45, 2.75) is 25.6 Å². The Labute approximate surface area is 122 Å². The van der Waals surface area contributed by atoms with Crippen LogP contribution in [0.25, 0.3) is 0 Å². The fourth-order valence-corrected chi connectivity index (χ4v) is 3.32. The van der Waals surface area contributed by atoms with Gasteiger partial charge in [0, 0.05) is 11.4 Å². The first kappa shape index (κ1) is 15.8. The molecule has 1 aliphatic rings. The average Bonchev–Trinajstić information content (AvgIpc) is 2.73. The lowest BCUT2D eigenvalue weighted by Crippen LogP contribution is -2.24. The van der Waals surface area contributed by atoms with Gasteiger partial charge in [-0.05, 0) is 18.5 Å². The van der Waals surface area contributed by atoms with E-state index >= 15 is 0 Å². The summed E-state index contributed by atoms with van der Waals surface area (Å²) < 4.78 is 41.3. The van der Waals surface area contributed by atoms with Crippen molar-refractivity contribution in [3.63, 3.8) is 0 Å². The number of esters is 1. The van der Waals surface area contributed by atoms with E-state index in [-0.39, 0.29) is 10.6 Å². The van der Waals surface area contributed by atoms with Crippen LogP contribution in [0.5, 0.6) is 0 Å². The van der Waals surface area contributed by atoms with E-state index in [4.69, 9.17) is 0 Å². The van der Waals surface area contributed by atoms with Crippen molar-refractivity contribution in [2.24, 2.45) is 0 Å². The molecule has 1 aliphatic heterocycles. The van der Waals surface area contributed by atoms with E-state index < -0.39 is 24.5 Å². The molecule has 0 fully saturated rings. The zero-order valence-corrected chi connectivity index (χ0v) is 11.9. The highest BCUT2D eigenvalue weighted by Crippen LogP contribution is 2.36. The second kappa shape index (κ2) is 6.02. The Hall–Kier alpha value is -1.61. The molecular formula is C12H13F3N2O3S. The Morgan fingerprint density at radius 1 is 1.43 bits per heavy atom. The van der Waals surface area contributed by atoms with Crippen molar-refractivity contribution in [2.75, 3.05) is 19.0 Å². The minimum absolute atomic E-state index is 0.116. The molecule has 2 N–H and O–H groups in total. The molecule has 5 nitrogen and oxygen atoms in total. The number of anilines is 1. The van der Waals surface area contributed by atoms with Crippen LogP contribution in [0.2, 0.25) is 0 Å². The molecule has 21 heavy (non-hydrogen) atoms. The van der Waals surface area contributed by atoms with Crippen molar-refractivity contribution >= 4 is 28.2 Å². The molecule has 0 bridgehead atoms. The van der Waals surface area contributed by atoms with Gasteiger partial charge in [0.25, 0.3) is 0 Å². The van der Waals surface area contributed by atoms with E-state index in [1.54, 1.807) is 0 Å². The molecule has 0 spiro atoms. The molecule has 0 aliphatic carbocycles. The van der Waals surface area contributed by atoms with Crippen molar-refractivity contribution in [3.8, 4) is 0 Å². The number of alkyl halides is 3. The van der Waals surface area contributed by atoms with Gasteiger partial charge in [-0.2, -0.15) is 13.2 Å². The lowest BCUT2D eigenvalue weighted by Gasteiger charge is -2.13. The predicted octanol–water partition coefficient (Wildman–Crippen LogP) is 2.07. The number of halogens is 3. The lowest BCUT2D eigenvalue weighted by molar-refractivity contribution is -0.150. The minimum Gasteiger partial charge on any atom is -0.465 e. The van der Waals surface area contributed by atoms with Crippen molar-refractivity contribution < 1.29 is 27.5 Å². The fourth-order valence-electron chi connectivity index (χ4n) is 2.09. The maximum atomic E-state index is 12.2. The van der Waals surface area contributed by atoms with Gasteiger partial charge in [-0.3, -0.25) is 4.79 Å². The molecule has 2 heterocycles. The van der Waals surface area contributed by atoms with Crippen LogP contribution in [0.3, 0.4) is 0 Å². The minimum atomic E-state index is -4.59. The Morgan fingerprint density at radius 3 is 2.76 bits per heavy atom. The van der Waals surface area contributed by atoms with Crippen LogP contribution in [0.1, 0.15) is 27.2 Å². The summed E-state index contributed by atoms with van der Waals surface area (Å²) in [6.45, 7) is 1.17. The number of carbonyl (C=O) groups is 2. The van der Waals surface area contributed by atoms with Crippen molar-refractivity contribution in [1.29, 1.82) is 0 Å². The van der Waals surface area contributed by atoms with Gasteiger partial charge >= 0.3 is 12.1 Å². The van der Waals surface area contributed by atoms with Gasteiger partial charge in [0.15, 0.2) is 0 Å². The summed E-state index contributed by atoms with van der Waals surface area (Å²) in [7, 11) is 1.19. The van der Waals surface area contributed by atoms with Crippen LogP contribution < -0.4 is 10.6 Å². The van der Waals surface area contributed by atoms with Gasteiger partial charge in [0.1, 0.15) is 11.4 Å². The van der Waals surface area contributed by atoms with Gasteiger partial charge in [-0.25, -0.2) is 4.79 Å². The molecular weight excluding hydrogens is 309 g/mol. The van der Waals surface area contributed by atoms with E-state index in [1.807, 2.05) is 0 Å². The smallest absolute Gasteiger partial charge is 0.397 e. The highest BCUT2D eigenvalue weighted by Gasteiger charge is 2.33. The van der Waals surface area contributed by atoms with E-state index in [1.165, 1.54) is 7.11 Å². The summed E-state index contributed by atoms with van der Waals surface area (Å²) in [4.78, 5) is 24.1. The van der Waals surface area contributed by atoms with Gasteiger partial charge in [-0.15, -0.1) is 11.3 Å². The normalized spacial score (nSPS) is 14.5. The molecule has 0 saturated carbocycles. The van der Waals surface area contributed by atoms with Gasteiger partial charge in [0.2, 0.25) is 5.91 Å². The highest BCUT2D eigenvalue weighted by atomic mass is 32.1. The number of methoxy groups -OCH3 is 1. The third-order valence-electron chi connectivity index (χ3n) is 2.93. The first-order chi connectivity index (χ1) is 9.81. The summed E-state index contributed by atoms with van der Waals surface area (Å²) in [5, 5.41) is 5.38. The predicted molar refractivity (Wildman–Crippen MR) is 70.4 cm³/mol. The Morgan fingerprint density at radius 2 is 2.14 bits per heavy atom. The summed E-state index contributed by atoms with van der Waals surface area (Å²) in [6, 6.07) is 0. The molecule has 9 heteroatoms. The van der Waals surface area contributed by atoms with Gasteiger partial charge in [-0.1, -0.05) is 0 Å². The number of nitrogens with one attached hydrogen (secondary N) is 2. The van der Waals surface area contributed by atoms with E-state index in [0.29, 0.717) is 19.5 Å². The number of carbonyl (C=O) groups excluding carboxylic acids is 2. The Bertz CT molecular complexity index is 569. The van der Waals surface area contributed by atoms with Gasteiger partial charge < -0.3 is 15.4 Å². The highest BCUT2D eigenvalue weighted by molar-refractivity contribution is 7.17. The average molecular weight is 322 g/mol. The first-order valence-electron chi connectivity index (χ1n) is 6.12. The maximum Gasteiger partial charge on any atom is 0.397 e. The zero-order chi connectivity index (χ0) is 15.6. The topological polar surface area (TPSA) is 67.4 Å². The molecule has 116 valence electrons. The number of rotatable bonds is 3. The van der Waals surface area contributed by atoms with Crippen LogP contribution >= 0.6 is 11.3 Å². The van der Waals surface area contributed by atoms with Crippen molar-refractivity contribution in [3.05, 3.63) is 16.0 Å². The number of hydrogen-bond donors (Lipinski definition) is 2. The standard InChI is InChI=1S/C12H13F3N2O3S/c1-20-11(19)9-6-2-3-16-5-7(6)21-10(9)17-8(18)4-12(13,14)15/h16H,2-5H2,1H3,(H,17,18). The molecule has 1 aromatic heterocycles. The number of ether oxygens (including phenoxy) is 1.